The molecular formula is C15H13ClN4O2S. The predicted octanol–water partition coefficient (Wildman–Crippen LogP) is 3.22. The van der Waals surface area contributed by atoms with Crippen molar-refractivity contribution in [2.75, 3.05) is 12.0 Å². The molecule has 0 bridgehead atoms. The largest absolute Gasteiger partial charge is 0.466 e. The second-order valence-corrected chi connectivity index (χ2v) is 5.61. The van der Waals surface area contributed by atoms with Crippen LogP contribution in [-0.2, 0) is 16.0 Å². The summed E-state index contributed by atoms with van der Waals surface area (Å²) in [6, 6.07) is 7.01. The van der Waals surface area contributed by atoms with Gasteiger partial charge in [0.25, 0.3) is 0 Å². The molecule has 1 N–H and O–H groups in total. The monoisotopic (exact) mass is 348 g/mol. The van der Waals surface area contributed by atoms with E-state index in [-0.39, 0.29) is 12.4 Å². The van der Waals surface area contributed by atoms with E-state index in [0.717, 1.165) is 5.56 Å². The zero-order valence-corrected chi connectivity index (χ0v) is 13.8. The average Bonchev–Trinajstić information content (AvgIpc) is 2.95. The van der Waals surface area contributed by atoms with Crippen molar-refractivity contribution in [2.24, 2.45) is 5.10 Å². The van der Waals surface area contributed by atoms with Crippen LogP contribution in [0.4, 0.5) is 5.13 Å². The molecular weight excluding hydrogens is 336 g/mol. The molecule has 0 atom stereocenters. The fourth-order valence-corrected chi connectivity index (χ4v) is 2.55. The molecule has 1 heterocycles. The molecule has 0 aliphatic carbocycles. The Labute approximate surface area is 142 Å². The molecule has 0 unspecified atom stereocenters. The molecule has 6 nitrogen and oxygen atoms in total. The number of hydrogen-bond donors (Lipinski definition) is 1. The highest BCUT2D eigenvalue weighted by Crippen LogP contribution is 2.17. The van der Waals surface area contributed by atoms with Crippen LogP contribution < -0.4 is 5.43 Å². The number of halogens is 1. The Kier molecular flexibility index (Phi) is 6.09. The predicted molar refractivity (Wildman–Crippen MR) is 89.8 cm³/mol. The number of nitrogens with zero attached hydrogens (tertiary/aromatic N) is 3. The summed E-state index contributed by atoms with van der Waals surface area (Å²) in [5, 5.41) is 15.6. The minimum atomic E-state index is -0.305. The molecule has 0 amide bonds. The van der Waals surface area contributed by atoms with E-state index in [9.17, 15) is 4.79 Å². The van der Waals surface area contributed by atoms with E-state index in [1.54, 1.807) is 36.7 Å². The quantitative estimate of drug-likeness (QED) is 0.492. The van der Waals surface area contributed by atoms with Crippen LogP contribution in [0.15, 0.2) is 28.7 Å². The van der Waals surface area contributed by atoms with E-state index < -0.39 is 0 Å². The lowest BCUT2D eigenvalue weighted by Gasteiger charge is -1.98. The van der Waals surface area contributed by atoms with Crippen LogP contribution in [0.1, 0.15) is 23.7 Å². The highest BCUT2D eigenvalue weighted by Gasteiger charge is 2.07. The fourth-order valence-electron chi connectivity index (χ4n) is 1.66. The van der Waals surface area contributed by atoms with Crippen molar-refractivity contribution in [2.45, 2.75) is 13.3 Å². The van der Waals surface area contributed by atoms with Crippen LogP contribution >= 0.6 is 22.9 Å². The first-order chi connectivity index (χ1) is 11.1. The van der Waals surface area contributed by atoms with Gasteiger partial charge in [0.15, 0.2) is 0 Å². The van der Waals surface area contributed by atoms with Crippen molar-refractivity contribution in [1.29, 1.82) is 5.26 Å². The van der Waals surface area contributed by atoms with Crippen molar-refractivity contribution >= 4 is 40.3 Å². The molecule has 0 aliphatic rings. The molecule has 23 heavy (non-hydrogen) atoms. The third-order valence-corrected chi connectivity index (χ3v) is 3.78. The van der Waals surface area contributed by atoms with Gasteiger partial charge in [-0.25, -0.2) is 4.98 Å². The topological polar surface area (TPSA) is 87.4 Å². The highest BCUT2D eigenvalue weighted by molar-refractivity contribution is 7.13. The first-order valence-electron chi connectivity index (χ1n) is 6.71. The first-order valence-corrected chi connectivity index (χ1v) is 7.97. The number of aromatic nitrogens is 1. The number of ether oxygens (including phenoxy) is 1. The van der Waals surface area contributed by atoms with Crippen molar-refractivity contribution < 1.29 is 9.53 Å². The molecule has 118 valence electrons. The molecule has 1 aromatic heterocycles. The van der Waals surface area contributed by atoms with Crippen molar-refractivity contribution in [3.63, 3.8) is 0 Å². The maximum Gasteiger partial charge on any atom is 0.311 e. The summed E-state index contributed by atoms with van der Waals surface area (Å²) in [5.41, 5.74) is 4.59. The molecule has 2 rings (SSSR count). The Morgan fingerprint density at radius 1 is 1.61 bits per heavy atom. The van der Waals surface area contributed by atoms with Gasteiger partial charge in [0, 0.05) is 5.38 Å². The van der Waals surface area contributed by atoms with Crippen LogP contribution in [0.3, 0.4) is 0 Å². The van der Waals surface area contributed by atoms with E-state index in [1.165, 1.54) is 11.3 Å². The van der Waals surface area contributed by atoms with Gasteiger partial charge in [-0.1, -0.05) is 17.7 Å². The lowest BCUT2D eigenvalue weighted by Crippen LogP contribution is -2.07. The van der Waals surface area contributed by atoms with E-state index in [1.807, 2.05) is 6.07 Å². The van der Waals surface area contributed by atoms with Gasteiger partial charge in [0.1, 0.15) is 6.07 Å². The summed E-state index contributed by atoms with van der Waals surface area (Å²) in [4.78, 5) is 15.6. The fraction of sp³-hybridized carbons (Fsp3) is 0.200. The number of anilines is 1. The summed E-state index contributed by atoms with van der Waals surface area (Å²) in [6.07, 6.45) is 1.71. The minimum absolute atomic E-state index is 0.140. The summed E-state index contributed by atoms with van der Waals surface area (Å²) in [6.45, 7) is 2.11. The zero-order chi connectivity index (χ0) is 16.7. The van der Waals surface area contributed by atoms with Gasteiger partial charge in [-0.15, -0.1) is 11.3 Å². The number of rotatable bonds is 6. The number of nitrogens with one attached hydrogen (secondary N) is 1. The van der Waals surface area contributed by atoms with Gasteiger partial charge in [-0.2, -0.15) is 10.4 Å². The Balaban J connectivity index is 1.93. The molecule has 1 aromatic carbocycles. The zero-order valence-electron chi connectivity index (χ0n) is 12.2. The second kappa shape index (κ2) is 8.27. The normalized spacial score (nSPS) is 10.5. The van der Waals surface area contributed by atoms with E-state index in [2.05, 4.69) is 15.5 Å². The Bertz CT molecular complexity index is 767. The third-order valence-electron chi connectivity index (χ3n) is 2.67. The minimum Gasteiger partial charge on any atom is -0.466 e. The van der Waals surface area contributed by atoms with Crippen molar-refractivity contribution in [3.05, 3.63) is 45.4 Å². The lowest BCUT2D eigenvalue weighted by atomic mass is 10.2. The Hall–Kier alpha value is -2.43. The van der Waals surface area contributed by atoms with E-state index in [0.29, 0.717) is 28.0 Å². The molecule has 0 saturated heterocycles. The molecule has 0 radical (unpaired) electrons. The SMILES string of the molecule is CCOC(=O)Cc1csc(NN=Cc2ccc(C#N)c(Cl)c2)n1. The molecule has 0 aliphatic heterocycles. The maximum atomic E-state index is 11.4. The molecule has 0 spiro atoms. The second-order valence-electron chi connectivity index (χ2n) is 4.35. The summed E-state index contributed by atoms with van der Waals surface area (Å²) < 4.78 is 4.86. The van der Waals surface area contributed by atoms with Crippen LogP contribution in [0.2, 0.25) is 5.02 Å². The summed E-state index contributed by atoms with van der Waals surface area (Å²) in [5.74, 6) is -0.305. The highest BCUT2D eigenvalue weighted by atomic mass is 35.5. The number of hydrazone groups is 1. The number of carbonyl (C=O) groups is 1. The third kappa shape index (κ3) is 5.06. The van der Waals surface area contributed by atoms with E-state index in [4.69, 9.17) is 21.6 Å². The van der Waals surface area contributed by atoms with Crippen LogP contribution in [0, 0.1) is 11.3 Å². The lowest BCUT2D eigenvalue weighted by molar-refractivity contribution is -0.142. The van der Waals surface area contributed by atoms with Crippen molar-refractivity contribution in [1.82, 2.24) is 4.98 Å². The van der Waals surface area contributed by atoms with Gasteiger partial charge >= 0.3 is 5.97 Å². The summed E-state index contributed by atoms with van der Waals surface area (Å²) in [7, 11) is 0. The smallest absolute Gasteiger partial charge is 0.311 e. The number of nitriles is 1. The van der Waals surface area contributed by atoms with Gasteiger partial charge in [-0.3, -0.25) is 10.2 Å². The molecule has 0 fully saturated rings. The van der Waals surface area contributed by atoms with Crippen LogP contribution in [0.25, 0.3) is 0 Å². The number of benzene rings is 1. The Morgan fingerprint density at radius 2 is 2.43 bits per heavy atom. The van der Waals surface area contributed by atoms with Gasteiger partial charge in [-0.05, 0) is 24.6 Å². The number of hydrogen-bond acceptors (Lipinski definition) is 7. The molecule has 2 aromatic rings. The standard InChI is InChI=1S/C15H13ClN4O2S/c1-2-22-14(21)6-12-9-23-15(19-12)20-18-8-10-3-4-11(7-17)13(16)5-10/h3-5,8-9H,2,6H2,1H3,(H,19,20). The maximum absolute atomic E-state index is 11.4. The van der Waals surface area contributed by atoms with Crippen molar-refractivity contribution in [3.8, 4) is 6.07 Å². The van der Waals surface area contributed by atoms with E-state index >= 15 is 0 Å². The number of carbonyl (C=O) groups excluding carboxylic acids is 1. The number of esters is 1. The van der Waals surface area contributed by atoms with Crippen LogP contribution in [0.5, 0.6) is 0 Å². The van der Waals surface area contributed by atoms with Gasteiger partial charge in [0.05, 0.1) is 35.5 Å². The summed E-state index contributed by atoms with van der Waals surface area (Å²) >= 11 is 7.29. The van der Waals surface area contributed by atoms with Gasteiger partial charge < -0.3 is 4.74 Å². The first kappa shape index (κ1) is 16.9. The van der Waals surface area contributed by atoms with Crippen LogP contribution in [-0.4, -0.2) is 23.8 Å². The average molecular weight is 349 g/mol. The molecule has 8 heteroatoms. The number of thiazole rings is 1. The Morgan fingerprint density at radius 3 is 3.13 bits per heavy atom. The molecule has 0 saturated carbocycles. The van der Waals surface area contributed by atoms with Gasteiger partial charge in [0.2, 0.25) is 5.13 Å².